The number of carbonyl (C=O) groups excluding carboxylic acids is 1. The van der Waals surface area contributed by atoms with Gasteiger partial charge in [0.2, 0.25) is 0 Å². The molecule has 3 nitrogen and oxygen atoms in total. The number of nitrogens with zero attached hydrogens (tertiary/aromatic N) is 1. The zero-order valence-corrected chi connectivity index (χ0v) is 9.45. The fraction of sp³-hybridized carbons (Fsp3) is 0.333. The van der Waals surface area contributed by atoms with Gasteiger partial charge in [-0.05, 0) is 41.1 Å². The summed E-state index contributed by atoms with van der Waals surface area (Å²) >= 11 is 2.12. The third-order valence-corrected chi connectivity index (χ3v) is 2.08. The van der Waals surface area contributed by atoms with Crippen LogP contribution in [0.25, 0.3) is 0 Å². The van der Waals surface area contributed by atoms with Gasteiger partial charge in [0.15, 0.2) is 0 Å². The molecule has 0 aromatic carbocycles. The molecule has 0 saturated carbocycles. The maximum Gasteiger partial charge on any atom is 0.310 e. The zero-order chi connectivity index (χ0) is 9.68. The van der Waals surface area contributed by atoms with Crippen LogP contribution in [-0.4, -0.2) is 17.6 Å². The third-order valence-electron chi connectivity index (χ3n) is 1.44. The molecule has 0 N–H and O–H groups in total. The van der Waals surface area contributed by atoms with Crippen LogP contribution in [0.2, 0.25) is 0 Å². The summed E-state index contributed by atoms with van der Waals surface area (Å²) in [4.78, 5) is 15.1. The molecule has 1 rings (SSSR count). The summed E-state index contributed by atoms with van der Waals surface area (Å²) in [6, 6.07) is 3.75. The molecule has 0 aliphatic rings. The first-order chi connectivity index (χ1) is 6.22. The summed E-state index contributed by atoms with van der Waals surface area (Å²) in [5.41, 5.74) is 0.888. The molecule has 0 aliphatic carbocycles. The molecular weight excluding hydrogens is 281 g/mol. The number of hydrogen-bond donors (Lipinski definition) is 0. The molecular formula is C9H10INO2. The molecule has 0 unspecified atom stereocenters. The van der Waals surface area contributed by atoms with Gasteiger partial charge in [-0.1, -0.05) is 6.07 Å². The number of aromatic nitrogens is 1. The Kier molecular flexibility index (Phi) is 4.14. The maximum atomic E-state index is 11.0. The second-order valence-electron chi connectivity index (χ2n) is 2.47. The van der Waals surface area contributed by atoms with E-state index in [1.54, 1.807) is 13.1 Å². The Hall–Kier alpha value is -0.650. The molecule has 13 heavy (non-hydrogen) atoms. The van der Waals surface area contributed by atoms with Crippen LogP contribution in [0.5, 0.6) is 0 Å². The highest BCUT2D eigenvalue weighted by Gasteiger charge is 2.03. The van der Waals surface area contributed by atoms with Crippen molar-refractivity contribution in [2.75, 3.05) is 6.61 Å². The van der Waals surface area contributed by atoms with Crippen molar-refractivity contribution in [3.05, 3.63) is 27.6 Å². The van der Waals surface area contributed by atoms with E-state index in [1.807, 2.05) is 12.1 Å². The first kappa shape index (κ1) is 10.4. The Morgan fingerprint density at radius 3 is 2.92 bits per heavy atom. The molecule has 0 spiro atoms. The predicted octanol–water partition coefficient (Wildman–Crippen LogP) is 1.79. The Bertz CT molecular complexity index is 284. The van der Waals surface area contributed by atoms with Crippen molar-refractivity contribution in [3.63, 3.8) is 0 Å². The Morgan fingerprint density at radius 2 is 2.38 bits per heavy atom. The lowest BCUT2D eigenvalue weighted by Gasteiger charge is -2.00. The van der Waals surface area contributed by atoms with Crippen LogP contribution in [0, 0.1) is 3.70 Å². The van der Waals surface area contributed by atoms with Gasteiger partial charge < -0.3 is 4.74 Å². The van der Waals surface area contributed by atoms with Crippen molar-refractivity contribution in [2.45, 2.75) is 13.3 Å². The predicted molar refractivity (Wildman–Crippen MR) is 57.3 cm³/mol. The fourth-order valence-electron chi connectivity index (χ4n) is 0.890. The lowest BCUT2D eigenvalue weighted by atomic mass is 10.2. The average Bonchev–Trinajstić information content (AvgIpc) is 2.09. The van der Waals surface area contributed by atoms with Crippen molar-refractivity contribution in [1.82, 2.24) is 4.98 Å². The van der Waals surface area contributed by atoms with Crippen molar-refractivity contribution >= 4 is 28.6 Å². The summed E-state index contributed by atoms with van der Waals surface area (Å²) in [7, 11) is 0. The monoisotopic (exact) mass is 291 g/mol. The number of rotatable bonds is 3. The minimum absolute atomic E-state index is 0.203. The van der Waals surface area contributed by atoms with Crippen molar-refractivity contribution in [1.29, 1.82) is 0 Å². The number of halogens is 1. The smallest absolute Gasteiger partial charge is 0.310 e. The van der Waals surface area contributed by atoms with E-state index < -0.39 is 0 Å². The topological polar surface area (TPSA) is 39.2 Å². The number of carbonyl (C=O) groups is 1. The van der Waals surface area contributed by atoms with Gasteiger partial charge in [0.05, 0.1) is 13.0 Å². The number of ether oxygens (including phenoxy) is 1. The Balaban J connectivity index is 2.54. The van der Waals surface area contributed by atoms with Gasteiger partial charge in [-0.25, -0.2) is 0 Å². The van der Waals surface area contributed by atoms with E-state index in [9.17, 15) is 4.79 Å². The molecule has 0 bridgehead atoms. The quantitative estimate of drug-likeness (QED) is 0.484. The highest BCUT2D eigenvalue weighted by Crippen LogP contribution is 2.04. The molecule has 1 heterocycles. The average molecular weight is 291 g/mol. The molecule has 0 atom stereocenters. The summed E-state index contributed by atoms with van der Waals surface area (Å²) < 4.78 is 5.73. The first-order valence-corrected chi connectivity index (χ1v) is 5.06. The Labute approximate surface area is 90.6 Å². The van der Waals surface area contributed by atoms with E-state index >= 15 is 0 Å². The summed E-state index contributed by atoms with van der Waals surface area (Å²) in [6.07, 6.45) is 2.00. The molecule has 0 radical (unpaired) electrons. The van der Waals surface area contributed by atoms with Crippen LogP contribution in [0.3, 0.4) is 0 Å². The highest BCUT2D eigenvalue weighted by atomic mass is 127. The molecule has 4 heteroatoms. The third kappa shape index (κ3) is 3.71. The molecule has 1 aromatic rings. The summed E-state index contributed by atoms with van der Waals surface area (Å²) in [5.74, 6) is -0.203. The van der Waals surface area contributed by atoms with Crippen LogP contribution in [0.15, 0.2) is 18.3 Å². The SMILES string of the molecule is CCOC(=O)Cc1ccc(I)nc1. The normalized spacial score (nSPS) is 9.69. The molecule has 0 amide bonds. The molecule has 0 saturated heterocycles. The first-order valence-electron chi connectivity index (χ1n) is 3.98. The van der Waals surface area contributed by atoms with Crippen molar-refractivity contribution in [3.8, 4) is 0 Å². The minimum atomic E-state index is -0.203. The van der Waals surface area contributed by atoms with E-state index in [-0.39, 0.29) is 5.97 Å². The molecule has 1 aromatic heterocycles. The fourth-order valence-corrected chi connectivity index (χ4v) is 1.21. The van der Waals surface area contributed by atoms with Gasteiger partial charge in [0, 0.05) is 6.20 Å². The molecule has 0 aliphatic heterocycles. The second-order valence-corrected chi connectivity index (χ2v) is 3.58. The number of esters is 1. The summed E-state index contributed by atoms with van der Waals surface area (Å²) in [5, 5.41) is 0. The largest absolute Gasteiger partial charge is 0.466 e. The van der Waals surface area contributed by atoms with Crippen LogP contribution >= 0.6 is 22.6 Å². The zero-order valence-electron chi connectivity index (χ0n) is 7.29. The minimum Gasteiger partial charge on any atom is -0.466 e. The second kappa shape index (κ2) is 5.16. The van der Waals surface area contributed by atoms with Gasteiger partial charge in [0.1, 0.15) is 3.70 Å². The van der Waals surface area contributed by atoms with E-state index in [0.29, 0.717) is 13.0 Å². The van der Waals surface area contributed by atoms with Gasteiger partial charge in [0.25, 0.3) is 0 Å². The Morgan fingerprint density at radius 1 is 1.62 bits per heavy atom. The van der Waals surface area contributed by atoms with E-state index in [2.05, 4.69) is 27.6 Å². The standard InChI is InChI=1S/C9H10INO2/c1-2-13-9(12)5-7-3-4-8(10)11-6-7/h3-4,6H,2,5H2,1H3. The van der Waals surface area contributed by atoms with Gasteiger partial charge in [-0.3, -0.25) is 9.78 Å². The van der Waals surface area contributed by atoms with E-state index in [1.165, 1.54) is 0 Å². The van der Waals surface area contributed by atoms with Gasteiger partial charge in [-0.15, -0.1) is 0 Å². The van der Waals surface area contributed by atoms with Crippen molar-refractivity contribution < 1.29 is 9.53 Å². The van der Waals surface area contributed by atoms with Gasteiger partial charge in [-0.2, -0.15) is 0 Å². The summed E-state index contributed by atoms with van der Waals surface area (Å²) in [6.45, 7) is 2.22. The van der Waals surface area contributed by atoms with Crippen LogP contribution < -0.4 is 0 Å². The lowest BCUT2D eigenvalue weighted by Crippen LogP contribution is -2.07. The highest BCUT2D eigenvalue weighted by molar-refractivity contribution is 14.1. The maximum absolute atomic E-state index is 11.0. The van der Waals surface area contributed by atoms with Crippen LogP contribution in [0.1, 0.15) is 12.5 Å². The van der Waals surface area contributed by atoms with Gasteiger partial charge >= 0.3 is 5.97 Å². The van der Waals surface area contributed by atoms with E-state index in [4.69, 9.17) is 4.74 Å². The lowest BCUT2D eigenvalue weighted by molar-refractivity contribution is -0.142. The number of hydrogen-bond acceptors (Lipinski definition) is 3. The molecule has 70 valence electrons. The van der Waals surface area contributed by atoms with E-state index in [0.717, 1.165) is 9.26 Å². The molecule has 0 fully saturated rings. The van der Waals surface area contributed by atoms with Crippen LogP contribution in [-0.2, 0) is 16.0 Å². The van der Waals surface area contributed by atoms with Crippen molar-refractivity contribution in [2.24, 2.45) is 0 Å². The van der Waals surface area contributed by atoms with Crippen LogP contribution in [0.4, 0.5) is 0 Å². The number of pyridine rings is 1.